The second kappa shape index (κ2) is 5.32. The highest BCUT2D eigenvalue weighted by Crippen LogP contribution is 2.11. The van der Waals surface area contributed by atoms with Gasteiger partial charge in [0.15, 0.2) is 0 Å². The van der Waals surface area contributed by atoms with E-state index < -0.39 is 0 Å². The van der Waals surface area contributed by atoms with Crippen LogP contribution in [0.2, 0.25) is 0 Å². The summed E-state index contributed by atoms with van der Waals surface area (Å²) in [5.41, 5.74) is 0. The van der Waals surface area contributed by atoms with E-state index in [1.165, 1.54) is 4.88 Å². The third kappa shape index (κ3) is 2.96. The van der Waals surface area contributed by atoms with Crippen molar-refractivity contribution in [2.45, 2.75) is 19.0 Å². The maximum absolute atomic E-state index is 11.8. The Morgan fingerprint density at radius 2 is 2.62 bits per heavy atom. The van der Waals surface area contributed by atoms with Crippen LogP contribution in [-0.2, 0) is 11.3 Å². The minimum Gasteiger partial charge on any atom is -0.379 e. The summed E-state index contributed by atoms with van der Waals surface area (Å²) in [6.45, 7) is 2.05. The molecule has 16 heavy (non-hydrogen) atoms. The number of rotatable bonds is 3. The first-order chi connectivity index (χ1) is 7.75. The van der Waals surface area contributed by atoms with Gasteiger partial charge in [0.2, 0.25) is 0 Å². The molecule has 2 rings (SSSR count). The largest absolute Gasteiger partial charge is 0.379 e. The fourth-order valence-electron chi connectivity index (χ4n) is 1.64. The monoisotopic (exact) mass is 240 g/mol. The molecule has 5 heteroatoms. The molecule has 0 aliphatic carbocycles. The van der Waals surface area contributed by atoms with E-state index in [-0.39, 0.29) is 12.1 Å². The number of carbonyl (C=O) groups excluding carboxylic acids is 1. The first-order valence-electron chi connectivity index (χ1n) is 5.37. The summed E-state index contributed by atoms with van der Waals surface area (Å²) in [7, 11) is 1.81. The molecule has 0 radical (unpaired) electrons. The normalized spacial score (nSPS) is 19.7. The molecule has 1 aliphatic heterocycles. The van der Waals surface area contributed by atoms with E-state index in [1.54, 1.807) is 16.2 Å². The molecule has 88 valence electrons. The second-order valence-electron chi connectivity index (χ2n) is 3.95. The Labute approximate surface area is 99.2 Å². The minimum absolute atomic E-state index is 0.0242. The molecule has 2 heterocycles. The van der Waals surface area contributed by atoms with Gasteiger partial charge in [-0.2, -0.15) is 0 Å². The number of nitrogens with zero attached hydrogens (tertiary/aromatic N) is 1. The van der Waals surface area contributed by atoms with Gasteiger partial charge < -0.3 is 15.0 Å². The van der Waals surface area contributed by atoms with Crippen LogP contribution in [0.1, 0.15) is 11.3 Å². The van der Waals surface area contributed by atoms with Crippen LogP contribution in [0.4, 0.5) is 4.79 Å². The van der Waals surface area contributed by atoms with Gasteiger partial charge in [0.1, 0.15) is 0 Å². The van der Waals surface area contributed by atoms with Gasteiger partial charge in [-0.15, -0.1) is 11.3 Å². The van der Waals surface area contributed by atoms with Crippen LogP contribution in [0.3, 0.4) is 0 Å². The Bertz CT molecular complexity index is 334. The van der Waals surface area contributed by atoms with Crippen LogP contribution >= 0.6 is 11.3 Å². The molecule has 1 saturated heterocycles. The molecule has 1 N–H and O–H groups in total. The average Bonchev–Trinajstić information content (AvgIpc) is 2.90. The number of nitrogens with one attached hydrogen (secondary N) is 1. The molecule has 1 fully saturated rings. The Balaban J connectivity index is 1.79. The van der Waals surface area contributed by atoms with Crippen molar-refractivity contribution in [1.82, 2.24) is 10.2 Å². The van der Waals surface area contributed by atoms with Gasteiger partial charge in [0.05, 0.1) is 19.2 Å². The molecule has 0 saturated carbocycles. The first kappa shape index (κ1) is 11.4. The quantitative estimate of drug-likeness (QED) is 0.873. The summed E-state index contributed by atoms with van der Waals surface area (Å²) < 4.78 is 5.21. The fourth-order valence-corrected chi connectivity index (χ4v) is 2.40. The van der Waals surface area contributed by atoms with E-state index >= 15 is 0 Å². The summed E-state index contributed by atoms with van der Waals surface area (Å²) in [6.07, 6.45) is 0.915. The second-order valence-corrected chi connectivity index (χ2v) is 4.98. The van der Waals surface area contributed by atoms with E-state index in [2.05, 4.69) is 5.32 Å². The number of hydrogen-bond acceptors (Lipinski definition) is 3. The van der Waals surface area contributed by atoms with Crippen molar-refractivity contribution in [3.8, 4) is 0 Å². The Hall–Kier alpha value is -1.07. The van der Waals surface area contributed by atoms with Gasteiger partial charge in [-0.3, -0.25) is 0 Å². The maximum Gasteiger partial charge on any atom is 0.317 e. The number of carbonyl (C=O) groups is 1. The predicted octanol–water partition coefficient (Wildman–Crippen LogP) is 1.68. The van der Waals surface area contributed by atoms with E-state index in [0.717, 1.165) is 13.0 Å². The molecule has 1 aromatic rings. The third-order valence-electron chi connectivity index (χ3n) is 2.58. The third-order valence-corrected chi connectivity index (χ3v) is 3.44. The number of thiophene rings is 1. The highest BCUT2D eigenvalue weighted by atomic mass is 32.1. The number of amides is 2. The molecular weight excluding hydrogens is 224 g/mol. The standard InChI is InChI=1S/C11H16N2O2S/c1-13(7-10-3-2-6-16-10)11(14)12-9-4-5-15-8-9/h2-3,6,9H,4-5,7-8H2,1H3,(H,12,14). The summed E-state index contributed by atoms with van der Waals surface area (Å²) in [5.74, 6) is 0. The SMILES string of the molecule is CN(Cc1cccs1)C(=O)NC1CCOC1. The van der Waals surface area contributed by atoms with Crippen molar-refractivity contribution in [3.63, 3.8) is 0 Å². The predicted molar refractivity (Wildman–Crippen MR) is 63.5 cm³/mol. The smallest absolute Gasteiger partial charge is 0.317 e. The Morgan fingerprint density at radius 3 is 3.25 bits per heavy atom. The van der Waals surface area contributed by atoms with Crippen molar-refractivity contribution in [2.24, 2.45) is 0 Å². The van der Waals surface area contributed by atoms with Crippen LogP contribution in [0, 0.1) is 0 Å². The van der Waals surface area contributed by atoms with Crippen molar-refractivity contribution in [3.05, 3.63) is 22.4 Å². The molecule has 1 aliphatic rings. The zero-order valence-corrected chi connectivity index (χ0v) is 10.1. The first-order valence-corrected chi connectivity index (χ1v) is 6.25. The zero-order chi connectivity index (χ0) is 11.4. The molecule has 1 unspecified atom stereocenters. The maximum atomic E-state index is 11.8. The molecule has 2 amide bonds. The summed E-state index contributed by atoms with van der Waals surface area (Å²) in [6, 6.07) is 4.19. The van der Waals surface area contributed by atoms with Crippen LogP contribution in [0.5, 0.6) is 0 Å². The summed E-state index contributed by atoms with van der Waals surface area (Å²) >= 11 is 1.67. The van der Waals surface area contributed by atoms with Crippen LogP contribution in [0.25, 0.3) is 0 Å². The van der Waals surface area contributed by atoms with Crippen LogP contribution in [-0.4, -0.2) is 37.2 Å². The topological polar surface area (TPSA) is 41.6 Å². The average molecular weight is 240 g/mol. The van der Waals surface area contributed by atoms with E-state index in [9.17, 15) is 4.79 Å². The highest BCUT2D eigenvalue weighted by molar-refractivity contribution is 7.09. The van der Waals surface area contributed by atoms with Gasteiger partial charge >= 0.3 is 6.03 Å². The highest BCUT2D eigenvalue weighted by Gasteiger charge is 2.19. The minimum atomic E-state index is -0.0242. The van der Waals surface area contributed by atoms with E-state index in [0.29, 0.717) is 13.2 Å². The lowest BCUT2D eigenvalue weighted by Gasteiger charge is -2.19. The van der Waals surface area contributed by atoms with Gasteiger partial charge in [0.25, 0.3) is 0 Å². The molecule has 1 aromatic heterocycles. The van der Waals surface area contributed by atoms with E-state index in [1.807, 2.05) is 24.6 Å². The zero-order valence-electron chi connectivity index (χ0n) is 9.31. The summed E-state index contributed by atoms with van der Waals surface area (Å²) in [4.78, 5) is 14.7. The molecule has 1 atom stereocenters. The Kier molecular flexibility index (Phi) is 3.79. The molecule has 4 nitrogen and oxygen atoms in total. The number of urea groups is 1. The lowest BCUT2D eigenvalue weighted by Crippen LogP contribution is -2.42. The number of hydrogen-bond donors (Lipinski definition) is 1. The van der Waals surface area contributed by atoms with E-state index in [4.69, 9.17) is 4.74 Å². The molecule has 0 bridgehead atoms. The van der Waals surface area contributed by atoms with Gasteiger partial charge in [-0.1, -0.05) is 6.07 Å². The van der Waals surface area contributed by atoms with Crippen LogP contribution in [0.15, 0.2) is 17.5 Å². The van der Waals surface area contributed by atoms with Gasteiger partial charge in [0, 0.05) is 18.5 Å². The molecule has 0 spiro atoms. The van der Waals surface area contributed by atoms with Crippen molar-refractivity contribution in [1.29, 1.82) is 0 Å². The Morgan fingerprint density at radius 1 is 1.75 bits per heavy atom. The number of ether oxygens (including phenoxy) is 1. The lowest BCUT2D eigenvalue weighted by atomic mass is 10.3. The van der Waals surface area contributed by atoms with Crippen LogP contribution < -0.4 is 5.32 Å². The fraction of sp³-hybridized carbons (Fsp3) is 0.545. The van der Waals surface area contributed by atoms with Crippen molar-refractivity contribution < 1.29 is 9.53 Å². The summed E-state index contributed by atoms with van der Waals surface area (Å²) in [5, 5.41) is 4.98. The van der Waals surface area contributed by atoms with Gasteiger partial charge in [-0.25, -0.2) is 4.79 Å². The van der Waals surface area contributed by atoms with Crippen molar-refractivity contribution >= 4 is 17.4 Å². The van der Waals surface area contributed by atoms with Crippen molar-refractivity contribution in [2.75, 3.05) is 20.3 Å². The van der Waals surface area contributed by atoms with Gasteiger partial charge in [-0.05, 0) is 17.9 Å². The molecular formula is C11H16N2O2S. The lowest BCUT2D eigenvalue weighted by molar-refractivity contribution is 0.181. The molecule has 0 aromatic carbocycles.